The molecule has 1 unspecified atom stereocenters. The topological polar surface area (TPSA) is 88.5 Å². The van der Waals surface area contributed by atoms with E-state index >= 15 is 0 Å². The Morgan fingerprint density at radius 2 is 1.68 bits per heavy atom. The van der Waals surface area contributed by atoms with Crippen LogP contribution in [0.25, 0.3) is 0 Å². The maximum atomic E-state index is 13.1. The largest absolute Gasteiger partial charge is 0.491 e. The Morgan fingerprint density at radius 3 is 2.42 bits per heavy atom. The van der Waals surface area contributed by atoms with Crippen LogP contribution >= 0.6 is 0 Å². The third-order valence-electron chi connectivity index (χ3n) is 5.34. The van der Waals surface area contributed by atoms with E-state index in [-0.39, 0.29) is 11.5 Å². The van der Waals surface area contributed by atoms with Gasteiger partial charge in [0.25, 0.3) is 0 Å². The number of piperazine rings is 1. The molecule has 1 fully saturated rings. The summed E-state index contributed by atoms with van der Waals surface area (Å²) in [6.45, 7) is 3.52. The van der Waals surface area contributed by atoms with E-state index in [1.54, 1.807) is 18.2 Å². The molecule has 31 heavy (non-hydrogen) atoms. The molecule has 0 radical (unpaired) electrons. The van der Waals surface area contributed by atoms with Gasteiger partial charge in [-0.15, -0.1) is 0 Å². The van der Waals surface area contributed by atoms with Crippen LogP contribution < -0.4 is 14.2 Å². The van der Waals surface area contributed by atoms with Gasteiger partial charge in [0, 0.05) is 45.2 Å². The van der Waals surface area contributed by atoms with Crippen molar-refractivity contribution in [3.05, 3.63) is 48.5 Å². The molecule has 0 aliphatic carbocycles. The van der Waals surface area contributed by atoms with Gasteiger partial charge in [0.05, 0.1) is 18.1 Å². The molecule has 0 saturated carbocycles. The van der Waals surface area contributed by atoms with E-state index in [1.165, 1.54) is 4.31 Å². The molecule has 0 spiro atoms. The summed E-state index contributed by atoms with van der Waals surface area (Å²) in [5, 5.41) is 10.3. The van der Waals surface area contributed by atoms with Crippen molar-refractivity contribution in [3.63, 3.8) is 0 Å². The maximum Gasteiger partial charge on any atom is 0.243 e. The number of nitrogens with zero attached hydrogens (tertiary/aromatic N) is 2. The summed E-state index contributed by atoms with van der Waals surface area (Å²) >= 11 is 0. The third kappa shape index (κ3) is 5.48. The lowest BCUT2D eigenvalue weighted by molar-refractivity contribution is 0.0569. The lowest BCUT2D eigenvalue weighted by Crippen LogP contribution is -2.50. The molecule has 2 aliphatic rings. The molecule has 2 aromatic rings. The summed E-state index contributed by atoms with van der Waals surface area (Å²) in [6, 6.07) is 14.1. The van der Waals surface area contributed by atoms with Crippen LogP contribution in [0.15, 0.2) is 53.4 Å². The fraction of sp³-hybridized carbons (Fsp3) is 0.455. The molecule has 0 aromatic heterocycles. The third-order valence-corrected chi connectivity index (χ3v) is 7.24. The molecule has 168 valence electrons. The fourth-order valence-corrected chi connectivity index (χ4v) is 5.10. The van der Waals surface area contributed by atoms with Gasteiger partial charge >= 0.3 is 0 Å². The molecule has 4 rings (SSSR count). The van der Waals surface area contributed by atoms with Crippen LogP contribution in [0, 0.1) is 0 Å². The average molecular weight is 449 g/mol. The first kappa shape index (κ1) is 21.9. The Hall–Kier alpha value is -2.33. The molecule has 2 aromatic carbocycles. The Bertz CT molecular complexity index is 961. The number of para-hydroxylation sites is 1. The predicted molar refractivity (Wildman–Crippen MR) is 115 cm³/mol. The van der Waals surface area contributed by atoms with Gasteiger partial charge in [-0.2, -0.15) is 4.31 Å². The van der Waals surface area contributed by atoms with Crippen LogP contribution in [0.2, 0.25) is 0 Å². The lowest BCUT2D eigenvalue weighted by Gasteiger charge is -2.34. The quantitative estimate of drug-likeness (QED) is 0.688. The minimum atomic E-state index is -3.62. The summed E-state index contributed by atoms with van der Waals surface area (Å²) in [5.74, 6) is 1.76. The van der Waals surface area contributed by atoms with Crippen molar-refractivity contribution in [1.29, 1.82) is 0 Å². The second-order valence-electron chi connectivity index (χ2n) is 7.64. The molecule has 0 amide bonds. The molecule has 1 N–H and O–H groups in total. The van der Waals surface area contributed by atoms with E-state index in [4.69, 9.17) is 14.2 Å². The summed E-state index contributed by atoms with van der Waals surface area (Å²) in [6.07, 6.45) is 0.117. The highest BCUT2D eigenvalue weighted by molar-refractivity contribution is 7.89. The van der Waals surface area contributed by atoms with E-state index in [0.29, 0.717) is 63.2 Å². The number of benzene rings is 2. The monoisotopic (exact) mass is 448 g/mol. The number of hydrogen-bond acceptors (Lipinski definition) is 7. The van der Waals surface area contributed by atoms with Gasteiger partial charge in [-0.25, -0.2) is 8.42 Å². The van der Waals surface area contributed by atoms with Gasteiger partial charge in [0.1, 0.15) is 18.5 Å². The number of fused-ring (bicyclic) bond motifs is 1. The van der Waals surface area contributed by atoms with Crippen molar-refractivity contribution in [2.24, 2.45) is 0 Å². The van der Waals surface area contributed by atoms with Crippen molar-refractivity contribution < 1.29 is 27.7 Å². The first-order valence-corrected chi connectivity index (χ1v) is 11.9. The molecular formula is C22H28N2O6S. The maximum absolute atomic E-state index is 13.1. The molecule has 1 atom stereocenters. The minimum absolute atomic E-state index is 0.194. The highest BCUT2D eigenvalue weighted by Crippen LogP contribution is 2.33. The van der Waals surface area contributed by atoms with E-state index in [2.05, 4.69) is 4.90 Å². The van der Waals surface area contributed by atoms with E-state index < -0.39 is 16.1 Å². The van der Waals surface area contributed by atoms with Gasteiger partial charge in [0.15, 0.2) is 11.5 Å². The molecule has 2 heterocycles. The standard InChI is InChI=1S/C22H28N2O6S/c25-18(17-30-19-5-2-1-3-6-19)16-23-9-11-24(12-10-23)31(26,27)20-7-8-21-22(15-20)29-14-4-13-28-21/h1-3,5-8,15,18,25H,4,9-14,16-17H2. The number of sulfonamides is 1. The fourth-order valence-electron chi connectivity index (χ4n) is 3.67. The van der Waals surface area contributed by atoms with Crippen LogP contribution in [-0.2, 0) is 10.0 Å². The van der Waals surface area contributed by atoms with E-state index in [0.717, 1.165) is 6.42 Å². The van der Waals surface area contributed by atoms with E-state index in [9.17, 15) is 13.5 Å². The minimum Gasteiger partial charge on any atom is -0.491 e. The molecule has 2 aliphatic heterocycles. The lowest BCUT2D eigenvalue weighted by atomic mass is 10.3. The van der Waals surface area contributed by atoms with Crippen molar-refractivity contribution >= 4 is 10.0 Å². The van der Waals surface area contributed by atoms with Crippen LogP contribution in [0.5, 0.6) is 17.2 Å². The second kappa shape index (κ2) is 9.86. The van der Waals surface area contributed by atoms with Crippen molar-refractivity contribution in [2.45, 2.75) is 17.4 Å². The zero-order valence-corrected chi connectivity index (χ0v) is 18.2. The molecule has 0 bridgehead atoms. The molecular weight excluding hydrogens is 420 g/mol. The van der Waals surface area contributed by atoms with Gasteiger partial charge in [-0.05, 0) is 24.3 Å². The van der Waals surface area contributed by atoms with Crippen molar-refractivity contribution in [3.8, 4) is 17.2 Å². The average Bonchev–Trinajstić information content (AvgIpc) is 3.04. The zero-order valence-electron chi connectivity index (χ0n) is 17.4. The number of β-amino-alcohol motifs (C(OH)–C–C–N with tert-alkyl or cyclic N) is 1. The van der Waals surface area contributed by atoms with Gasteiger partial charge in [-0.3, -0.25) is 4.90 Å². The summed E-state index contributed by atoms with van der Waals surface area (Å²) in [5.41, 5.74) is 0. The number of aliphatic hydroxyl groups is 1. The normalized spacial score (nSPS) is 18.9. The summed E-state index contributed by atoms with van der Waals surface area (Å²) in [4.78, 5) is 2.26. The number of rotatable bonds is 7. The highest BCUT2D eigenvalue weighted by atomic mass is 32.2. The van der Waals surface area contributed by atoms with Crippen molar-refractivity contribution in [2.75, 3.05) is 52.5 Å². The van der Waals surface area contributed by atoms with Crippen molar-refractivity contribution in [1.82, 2.24) is 9.21 Å². The first-order chi connectivity index (χ1) is 15.0. The van der Waals surface area contributed by atoms with Gasteiger partial charge in [0.2, 0.25) is 10.0 Å². The highest BCUT2D eigenvalue weighted by Gasteiger charge is 2.30. The van der Waals surface area contributed by atoms with Crippen LogP contribution in [0.4, 0.5) is 0 Å². The number of ether oxygens (including phenoxy) is 3. The van der Waals surface area contributed by atoms with Crippen LogP contribution in [-0.4, -0.2) is 81.4 Å². The Balaban J connectivity index is 1.30. The summed E-state index contributed by atoms with van der Waals surface area (Å²) < 4.78 is 44.5. The molecule has 9 heteroatoms. The Morgan fingerprint density at radius 1 is 0.968 bits per heavy atom. The number of hydrogen-bond donors (Lipinski definition) is 1. The smallest absolute Gasteiger partial charge is 0.243 e. The first-order valence-electron chi connectivity index (χ1n) is 10.5. The van der Waals surface area contributed by atoms with Gasteiger partial charge in [-0.1, -0.05) is 18.2 Å². The predicted octanol–water partition coefficient (Wildman–Crippen LogP) is 1.59. The molecule has 1 saturated heterocycles. The number of aliphatic hydroxyl groups excluding tert-OH is 1. The Kier molecular flexibility index (Phi) is 6.96. The second-order valence-corrected chi connectivity index (χ2v) is 9.58. The van der Waals surface area contributed by atoms with E-state index in [1.807, 2.05) is 30.3 Å². The van der Waals surface area contributed by atoms with Gasteiger partial charge < -0.3 is 19.3 Å². The SMILES string of the molecule is O=S(=O)(c1ccc2c(c1)OCCCO2)N1CCN(CC(O)COc2ccccc2)CC1. The Labute approximate surface area is 183 Å². The zero-order chi connectivity index (χ0) is 21.7. The molecule has 8 nitrogen and oxygen atoms in total. The van der Waals surface area contributed by atoms with Crippen LogP contribution in [0.1, 0.15) is 6.42 Å². The van der Waals surface area contributed by atoms with Crippen LogP contribution in [0.3, 0.4) is 0 Å². The summed E-state index contributed by atoms with van der Waals surface area (Å²) in [7, 11) is -3.62.